The Morgan fingerprint density at radius 3 is 2.80 bits per heavy atom. The van der Waals surface area contributed by atoms with E-state index in [9.17, 15) is 4.79 Å². The van der Waals surface area contributed by atoms with E-state index < -0.39 is 0 Å². The molecule has 1 atom stereocenters. The summed E-state index contributed by atoms with van der Waals surface area (Å²) in [6.45, 7) is 5.51. The zero-order valence-corrected chi connectivity index (χ0v) is 11.9. The second-order valence-corrected chi connectivity index (χ2v) is 4.87. The summed E-state index contributed by atoms with van der Waals surface area (Å²) in [6, 6.07) is 7.24. The van der Waals surface area contributed by atoms with E-state index in [1.165, 1.54) is 0 Å². The number of amides is 1. The first-order valence-corrected chi connectivity index (χ1v) is 6.56. The van der Waals surface area contributed by atoms with Gasteiger partial charge in [-0.15, -0.1) is 0 Å². The van der Waals surface area contributed by atoms with Gasteiger partial charge in [0.25, 0.3) is 5.91 Å². The molecule has 106 valence electrons. The molecular formula is C15H19N3O2. The van der Waals surface area contributed by atoms with Crippen molar-refractivity contribution >= 4 is 5.91 Å². The van der Waals surface area contributed by atoms with Crippen LogP contribution in [0.1, 0.15) is 28.7 Å². The topological polar surface area (TPSA) is 67.2 Å². The molecule has 0 spiro atoms. The lowest BCUT2D eigenvalue weighted by Crippen LogP contribution is -2.35. The number of aliphatic hydroxyl groups excluding tert-OH is 1. The number of pyridine rings is 1. The van der Waals surface area contributed by atoms with Crippen molar-refractivity contribution in [3.8, 4) is 5.82 Å². The second kappa shape index (κ2) is 5.88. The Morgan fingerprint density at radius 2 is 2.20 bits per heavy atom. The highest BCUT2D eigenvalue weighted by Gasteiger charge is 2.18. The van der Waals surface area contributed by atoms with Crippen molar-refractivity contribution in [1.29, 1.82) is 0 Å². The van der Waals surface area contributed by atoms with Crippen molar-refractivity contribution in [3.63, 3.8) is 0 Å². The summed E-state index contributed by atoms with van der Waals surface area (Å²) in [4.78, 5) is 16.5. The monoisotopic (exact) mass is 273 g/mol. The van der Waals surface area contributed by atoms with E-state index in [2.05, 4.69) is 10.3 Å². The summed E-state index contributed by atoms with van der Waals surface area (Å²) < 4.78 is 1.94. The fourth-order valence-corrected chi connectivity index (χ4v) is 2.18. The van der Waals surface area contributed by atoms with E-state index in [1.54, 1.807) is 13.1 Å². The molecule has 0 aromatic carbocycles. The van der Waals surface area contributed by atoms with Crippen LogP contribution in [0.5, 0.6) is 0 Å². The number of aromatic nitrogens is 2. The van der Waals surface area contributed by atoms with Crippen LogP contribution in [0.4, 0.5) is 0 Å². The van der Waals surface area contributed by atoms with E-state index in [4.69, 9.17) is 5.11 Å². The van der Waals surface area contributed by atoms with Crippen LogP contribution in [0.2, 0.25) is 0 Å². The maximum atomic E-state index is 12.2. The minimum atomic E-state index is -0.264. The van der Waals surface area contributed by atoms with Crippen molar-refractivity contribution in [3.05, 3.63) is 47.4 Å². The van der Waals surface area contributed by atoms with Gasteiger partial charge >= 0.3 is 0 Å². The lowest BCUT2D eigenvalue weighted by molar-refractivity contribution is 0.0921. The Morgan fingerprint density at radius 1 is 1.45 bits per heavy atom. The number of aryl methyl sites for hydroxylation is 1. The minimum Gasteiger partial charge on any atom is -0.394 e. The Bertz CT molecular complexity index is 605. The van der Waals surface area contributed by atoms with Crippen LogP contribution in [-0.4, -0.2) is 33.2 Å². The maximum Gasteiger partial charge on any atom is 0.253 e. The van der Waals surface area contributed by atoms with Gasteiger partial charge in [0.05, 0.1) is 12.2 Å². The molecule has 0 aliphatic heterocycles. The van der Waals surface area contributed by atoms with Crippen LogP contribution in [0.15, 0.2) is 30.5 Å². The van der Waals surface area contributed by atoms with E-state index in [1.807, 2.05) is 42.7 Å². The number of rotatable bonds is 4. The van der Waals surface area contributed by atoms with E-state index in [0.717, 1.165) is 17.2 Å². The molecule has 0 saturated carbocycles. The van der Waals surface area contributed by atoms with Gasteiger partial charge in [-0.3, -0.25) is 4.79 Å². The average Bonchev–Trinajstić information content (AvgIpc) is 2.75. The first-order valence-electron chi connectivity index (χ1n) is 6.56. The van der Waals surface area contributed by atoms with E-state index in [-0.39, 0.29) is 18.6 Å². The first-order chi connectivity index (χ1) is 9.54. The predicted molar refractivity (Wildman–Crippen MR) is 77.1 cm³/mol. The third kappa shape index (κ3) is 2.72. The van der Waals surface area contributed by atoms with Gasteiger partial charge in [-0.2, -0.15) is 0 Å². The molecule has 2 aromatic heterocycles. The maximum absolute atomic E-state index is 12.2. The molecule has 0 radical (unpaired) electrons. The van der Waals surface area contributed by atoms with Gasteiger partial charge in [0.2, 0.25) is 0 Å². The van der Waals surface area contributed by atoms with Crippen molar-refractivity contribution in [2.24, 2.45) is 0 Å². The Labute approximate surface area is 118 Å². The molecule has 2 heterocycles. The van der Waals surface area contributed by atoms with Crippen LogP contribution in [0, 0.1) is 13.8 Å². The van der Waals surface area contributed by atoms with Gasteiger partial charge in [0, 0.05) is 23.6 Å². The Kier molecular flexibility index (Phi) is 4.20. The van der Waals surface area contributed by atoms with Crippen LogP contribution < -0.4 is 5.32 Å². The van der Waals surface area contributed by atoms with E-state index >= 15 is 0 Å². The lowest BCUT2D eigenvalue weighted by Gasteiger charge is -2.11. The molecule has 0 bridgehead atoms. The zero-order chi connectivity index (χ0) is 14.7. The average molecular weight is 273 g/mol. The zero-order valence-electron chi connectivity index (χ0n) is 11.9. The Balaban J connectivity index is 2.37. The molecule has 1 unspecified atom stereocenters. The number of nitrogens with one attached hydrogen (secondary N) is 1. The minimum absolute atomic E-state index is 0.0787. The SMILES string of the molecule is Cc1cc(C(=O)NC(C)CO)c(C)n1-c1ccccn1. The van der Waals surface area contributed by atoms with Crippen LogP contribution in [0.25, 0.3) is 5.82 Å². The first kappa shape index (κ1) is 14.3. The molecule has 0 aliphatic carbocycles. The molecule has 2 N–H and O–H groups in total. The highest BCUT2D eigenvalue weighted by Crippen LogP contribution is 2.19. The highest BCUT2D eigenvalue weighted by molar-refractivity contribution is 5.96. The summed E-state index contributed by atoms with van der Waals surface area (Å²) >= 11 is 0. The Hall–Kier alpha value is -2.14. The molecule has 2 aromatic rings. The summed E-state index contributed by atoms with van der Waals surface area (Å²) in [5.74, 6) is 0.610. The number of carbonyl (C=O) groups is 1. The highest BCUT2D eigenvalue weighted by atomic mass is 16.3. The van der Waals surface area contributed by atoms with Crippen molar-refractivity contribution < 1.29 is 9.90 Å². The van der Waals surface area contributed by atoms with Crippen LogP contribution >= 0.6 is 0 Å². The molecule has 20 heavy (non-hydrogen) atoms. The summed E-state index contributed by atoms with van der Waals surface area (Å²) in [5.41, 5.74) is 2.39. The lowest BCUT2D eigenvalue weighted by atomic mass is 10.2. The van der Waals surface area contributed by atoms with Gasteiger partial charge in [0.15, 0.2) is 0 Å². The standard InChI is InChI=1S/C15H19N3O2/c1-10(9-19)17-15(20)13-8-11(2)18(12(13)3)14-6-4-5-7-16-14/h4-8,10,19H,9H2,1-3H3,(H,17,20). The van der Waals surface area contributed by atoms with Gasteiger partial charge in [0.1, 0.15) is 5.82 Å². The molecule has 2 rings (SSSR count). The predicted octanol–water partition coefficient (Wildman–Crippen LogP) is 1.60. The van der Waals surface area contributed by atoms with Gasteiger partial charge in [-0.05, 0) is 39.0 Å². The normalized spacial score (nSPS) is 12.2. The number of hydrogen-bond acceptors (Lipinski definition) is 3. The van der Waals surface area contributed by atoms with Crippen LogP contribution in [-0.2, 0) is 0 Å². The third-order valence-corrected chi connectivity index (χ3v) is 3.21. The smallest absolute Gasteiger partial charge is 0.253 e. The number of hydrogen-bond donors (Lipinski definition) is 2. The quantitative estimate of drug-likeness (QED) is 0.889. The number of nitrogens with zero attached hydrogens (tertiary/aromatic N) is 2. The fraction of sp³-hybridized carbons (Fsp3) is 0.333. The van der Waals surface area contributed by atoms with Crippen LogP contribution in [0.3, 0.4) is 0 Å². The largest absolute Gasteiger partial charge is 0.394 e. The summed E-state index contributed by atoms with van der Waals surface area (Å²) in [7, 11) is 0. The molecule has 0 fully saturated rings. The number of carbonyl (C=O) groups excluding carboxylic acids is 1. The number of aliphatic hydroxyl groups is 1. The fourth-order valence-electron chi connectivity index (χ4n) is 2.18. The molecule has 1 amide bonds. The molecule has 5 heteroatoms. The molecule has 0 aliphatic rings. The second-order valence-electron chi connectivity index (χ2n) is 4.87. The van der Waals surface area contributed by atoms with Gasteiger partial charge in [-0.1, -0.05) is 6.07 Å². The van der Waals surface area contributed by atoms with Crippen molar-refractivity contribution in [1.82, 2.24) is 14.9 Å². The summed E-state index contributed by atoms with van der Waals surface area (Å²) in [5, 5.41) is 11.8. The molecule has 0 saturated heterocycles. The van der Waals surface area contributed by atoms with Gasteiger partial charge < -0.3 is 15.0 Å². The molecular weight excluding hydrogens is 254 g/mol. The van der Waals surface area contributed by atoms with E-state index in [0.29, 0.717) is 5.56 Å². The molecule has 5 nitrogen and oxygen atoms in total. The summed E-state index contributed by atoms with van der Waals surface area (Å²) in [6.07, 6.45) is 1.72. The van der Waals surface area contributed by atoms with Gasteiger partial charge in [-0.25, -0.2) is 4.98 Å². The van der Waals surface area contributed by atoms with Crippen molar-refractivity contribution in [2.75, 3.05) is 6.61 Å². The van der Waals surface area contributed by atoms with Crippen molar-refractivity contribution in [2.45, 2.75) is 26.8 Å². The third-order valence-electron chi connectivity index (χ3n) is 3.21.